The highest BCUT2D eigenvalue weighted by Gasteiger charge is 2.37. The van der Waals surface area contributed by atoms with Crippen molar-refractivity contribution in [2.24, 2.45) is 5.73 Å². The fourth-order valence-electron chi connectivity index (χ4n) is 1.10. The third-order valence-corrected chi connectivity index (χ3v) is 3.55. The van der Waals surface area contributed by atoms with Crippen LogP contribution >= 0.6 is 11.3 Å². The zero-order valence-electron chi connectivity index (χ0n) is 9.47. The number of aromatic nitrogens is 1. The third kappa shape index (κ3) is 2.46. The highest BCUT2D eigenvalue weighted by Crippen LogP contribution is 2.28. The SMILES string of the molecule is CC(=O)c1csc(C(N)C(C)(O)C(C)O)n1. The molecule has 1 aromatic rings. The lowest BCUT2D eigenvalue weighted by Gasteiger charge is -2.31. The quantitative estimate of drug-likeness (QED) is 0.669. The summed E-state index contributed by atoms with van der Waals surface area (Å²) in [6, 6.07) is -0.814. The van der Waals surface area contributed by atoms with Crippen LogP contribution in [0.15, 0.2) is 5.38 Å². The van der Waals surface area contributed by atoms with Crippen LogP contribution in [0.5, 0.6) is 0 Å². The second-order valence-corrected chi connectivity index (χ2v) is 4.90. The highest BCUT2D eigenvalue weighted by molar-refractivity contribution is 7.09. The Morgan fingerprint density at radius 3 is 2.62 bits per heavy atom. The first kappa shape index (κ1) is 13.2. The van der Waals surface area contributed by atoms with Crippen LogP contribution in [0.2, 0.25) is 0 Å². The molecule has 0 bridgehead atoms. The Morgan fingerprint density at radius 2 is 2.25 bits per heavy atom. The molecule has 0 radical (unpaired) electrons. The lowest BCUT2D eigenvalue weighted by atomic mass is 9.92. The molecule has 0 fully saturated rings. The van der Waals surface area contributed by atoms with Crippen LogP contribution in [0.4, 0.5) is 0 Å². The second-order valence-electron chi connectivity index (χ2n) is 4.01. The largest absolute Gasteiger partial charge is 0.390 e. The summed E-state index contributed by atoms with van der Waals surface area (Å²) in [7, 11) is 0. The zero-order chi connectivity index (χ0) is 12.5. The Balaban J connectivity index is 2.96. The van der Waals surface area contributed by atoms with Gasteiger partial charge in [-0.05, 0) is 13.8 Å². The number of thiazole rings is 1. The third-order valence-electron chi connectivity index (χ3n) is 2.62. The number of nitrogens with two attached hydrogens (primary N) is 1. The lowest BCUT2D eigenvalue weighted by molar-refractivity contribution is -0.0701. The van der Waals surface area contributed by atoms with Crippen LogP contribution in [-0.4, -0.2) is 32.7 Å². The number of hydrogen-bond acceptors (Lipinski definition) is 6. The van der Waals surface area contributed by atoms with Gasteiger partial charge in [-0.15, -0.1) is 11.3 Å². The van der Waals surface area contributed by atoms with E-state index in [0.717, 1.165) is 0 Å². The van der Waals surface area contributed by atoms with Crippen LogP contribution in [0, 0.1) is 0 Å². The van der Waals surface area contributed by atoms with Crippen molar-refractivity contribution in [1.29, 1.82) is 0 Å². The zero-order valence-corrected chi connectivity index (χ0v) is 10.3. The number of aliphatic hydroxyl groups excluding tert-OH is 1. The molecule has 0 saturated carbocycles. The van der Waals surface area contributed by atoms with E-state index in [1.165, 1.54) is 32.1 Å². The Kier molecular flexibility index (Phi) is 3.80. The summed E-state index contributed by atoms with van der Waals surface area (Å²) < 4.78 is 0. The molecule has 90 valence electrons. The molecule has 6 heteroatoms. The summed E-state index contributed by atoms with van der Waals surface area (Å²) in [6.45, 7) is 4.31. The average Bonchev–Trinajstić information content (AvgIpc) is 2.64. The monoisotopic (exact) mass is 244 g/mol. The first-order valence-corrected chi connectivity index (χ1v) is 5.77. The molecule has 1 rings (SSSR count). The van der Waals surface area contributed by atoms with Crippen LogP contribution in [0.3, 0.4) is 0 Å². The Morgan fingerprint density at radius 1 is 1.69 bits per heavy atom. The van der Waals surface area contributed by atoms with E-state index in [-0.39, 0.29) is 5.78 Å². The van der Waals surface area contributed by atoms with Crippen molar-refractivity contribution in [3.05, 3.63) is 16.1 Å². The summed E-state index contributed by atoms with van der Waals surface area (Å²) in [5.74, 6) is -0.147. The minimum absolute atomic E-state index is 0.147. The van der Waals surface area contributed by atoms with Gasteiger partial charge >= 0.3 is 0 Å². The van der Waals surface area contributed by atoms with Gasteiger partial charge in [0.25, 0.3) is 0 Å². The van der Waals surface area contributed by atoms with Gasteiger partial charge in [-0.2, -0.15) is 0 Å². The van der Waals surface area contributed by atoms with Gasteiger partial charge in [-0.3, -0.25) is 4.79 Å². The van der Waals surface area contributed by atoms with E-state index >= 15 is 0 Å². The molecule has 4 N–H and O–H groups in total. The number of Topliss-reactive ketones (excluding diaryl/α,β-unsaturated/α-hetero) is 1. The first-order chi connectivity index (χ1) is 7.26. The Bertz CT molecular complexity index is 387. The molecule has 1 aromatic heterocycles. The molecule has 16 heavy (non-hydrogen) atoms. The van der Waals surface area contributed by atoms with Gasteiger partial charge in [0.15, 0.2) is 5.78 Å². The number of aliphatic hydroxyl groups is 2. The topological polar surface area (TPSA) is 96.4 Å². The summed E-state index contributed by atoms with van der Waals surface area (Å²) in [6.07, 6.45) is -0.979. The Labute approximate surface area is 97.9 Å². The molecular formula is C10H16N2O3S. The lowest BCUT2D eigenvalue weighted by Crippen LogP contribution is -2.47. The molecule has 0 aliphatic heterocycles. The standard InChI is InChI=1S/C10H16N2O3S/c1-5(13)7-4-16-9(12-7)8(11)10(3,15)6(2)14/h4,6,8,14-15H,11H2,1-3H3. The van der Waals surface area contributed by atoms with Crippen molar-refractivity contribution in [2.45, 2.75) is 38.5 Å². The van der Waals surface area contributed by atoms with Crippen molar-refractivity contribution in [2.75, 3.05) is 0 Å². The molecule has 1 heterocycles. The first-order valence-electron chi connectivity index (χ1n) is 4.89. The smallest absolute Gasteiger partial charge is 0.178 e. The fourth-order valence-corrected chi connectivity index (χ4v) is 2.09. The molecule has 0 aliphatic carbocycles. The number of nitrogens with zero attached hydrogens (tertiary/aromatic N) is 1. The van der Waals surface area contributed by atoms with E-state index in [0.29, 0.717) is 10.7 Å². The van der Waals surface area contributed by atoms with Gasteiger partial charge in [-0.25, -0.2) is 4.98 Å². The van der Waals surface area contributed by atoms with E-state index < -0.39 is 17.7 Å². The van der Waals surface area contributed by atoms with Gasteiger partial charge in [0.05, 0.1) is 12.1 Å². The molecule has 0 aliphatic rings. The van der Waals surface area contributed by atoms with Gasteiger partial charge in [0.2, 0.25) is 0 Å². The minimum Gasteiger partial charge on any atom is -0.390 e. The number of ketones is 1. The summed E-state index contributed by atoms with van der Waals surface area (Å²) in [5, 5.41) is 21.4. The Hall–Kier alpha value is -0.820. The maximum absolute atomic E-state index is 11.1. The van der Waals surface area contributed by atoms with Crippen molar-refractivity contribution < 1.29 is 15.0 Å². The predicted octanol–water partition coefficient (Wildman–Crippen LogP) is 0.477. The van der Waals surface area contributed by atoms with Crippen molar-refractivity contribution >= 4 is 17.1 Å². The van der Waals surface area contributed by atoms with E-state index in [1.54, 1.807) is 5.38 Å². The molecule has 0 aromatic carbocycles. The molecule has 5 nitrogen and oxygen atoms in total. The van der Waals surface area contributed by atoms with Crippen LogP contribution < -0.4 is 5.73 Å². The van der Waals surface area contributed by atoms with Crippen LogP contribution in [-0.2, 0) is 0 Å². The number of carbonyl (C=O) groups excluding carboxylic acids is 1. The van der Waals surface area contributed by atoms with E-state index in [2.05, 4.69) is 4.98 Å². The normalized spacial score (nSPS) is 18.9. The van der Waals surface area contributed by atoms with E-state index in [1.807, 2.05) is 0 Å². The van der Waals surface area contributed by atoms with Gasteiger partial charge in [-0.1, -0.05) is 0 Å². The fraction of sp³-hybridized carbons (Fsp3) is 0.600. The van der Waals surface area contributed by atoms with Crippen molar-refractivity contribution in [1.82, 2.24) is 4.98 Å². The van der Waals surface area contributed by atoms with Gasteiger partial charge < -0.3 is 15.9 Å². The van der Waals surface area contributed by atoms with Gasteiger partial charge in [0, 0.05) is 12.3 Å². The second kappa shape index (κ2) is 4.58. The molecular weight excluding hydrogens is 228 g/mol. The molecule has 3 unspecified atom stereocenters. The van der Waals surface area contributed by atoms with Gasteiger partial charge in [0.1, 0.15) is 16.3 Å². The van der Waals surface area contributed by atoms with E-state index in [9.17, 15) is 15.0 Å². The maximum atomic E-state index is 11.1. The minimum atomic E-state index is -1.47. The summed E-state index contributed by atoms with van der Waals surface area (Å²) in [4.78, 5) is 15.1. The van der Waals surface area contributed by atoms with Crippen molar-refractivity contribution in [3.63, 3.8) is 0 Å². The molecule has 0 amide bonds. The van der Waals surface area contributed by atoms with Crippen LogP contribution in [0.25, 0.3) is 0 Å². The number of rotatable bonds is 4. The highest BCUT2D eigenvalue weighted by atomic mass is 32.1. The van der Waals surface area contributed by atoms with E-state index in [4.69, 9.17) is 5.73 Å². The molecule has 0 spiro atoms. The maximum Gasteiger partial charge on any atom is 0.178 e. The predicted molar refractivity (Wildman–Crippen MR) is 61.4 cm³/mol. The number of hydrogen-bond donors (Lipinski definition) is 3. The molecule has 0 saturated heterocycles. The number of carbonyl (C=O) groups is 1. The van der Waals surface area contributed by atoms with Crippen LogP contribution in [0.1, 0.15) is 42.3 Å². The average molecular weight is 244 g/mol. The summed E-state index contributed by atoms with van der Waals surface area (Å²) >= 11 is 1.20. The molecule has 3 atom stereocenters. The van der Waals surface area contributed by atoms with Crippen molar-refractivity contribution in [3.8, 4) is 0 Å². The summed E-state index contributed by atoms with van der Waals surface area (Å²) in [5.41, 5.74) is 4.68.